The highest BCUT2D eigenvalue weighted by Crippen LogP contribution is 2.48. The fourth-order valence-electron chi connectivity index (χ4n) is 7.75. The number of anilines is 1. The van der Waals surface area contributed by atoms with Crippen molar-refractivity contribution in [2.45, 2.75) is 56.5 Å². The summed E-state index contributed by atoms with van der Waals surface area (Å²) < 4.78 is 51.3. The van der Waals surface area contributed by atoms with E-state index in [2.05, 4.69) is 21.1 Å². The van der Waals surface area contributed by atoms with Crippen LogP contribution in [0.5, 0.6) is 11.8 Å². The molecule has 46 heavy (non-hydrogen) atoms. The molecule has 2 unspecified atom stereocenters. The number of terminal acetylenes is 1. The SMILES string of the molecule is C#Cc1cccc2cc(O)cc(-c3ccc4c(N5CC6CCC(C5)N6)nc(OCC5(CN6CCCC(F)(F)C6)CC5)nc4c3F)c12. The van der Waals surface area contributed by atoms with Crippen molar-refractivity contribution in [2.75, 3.05) is 44.2 Å². The number of piperidine rings is 1. The third kappa shape index (κ3) is 5.39. The van der Waals surface area contributed by atoms with Crippen molar-refractivity contribution in [3.8, 4) is 35.2 Å². The van der Waals surface area contributed by atoms with Crippen LogP contribution < -0.4 is 15.0 Å². The van der Waals surface area contributed by atoms with Crippen LogP contribution >= 0.6 is 0 Å². The van der Waals surface area contributed by atoms with Gasteiger partial charge in [-0.05, 0) is 73.9 Å². The van der Waals surface area contributed by atoms with Crippen molar-refractivity contribution in [1.82, 2.24) is 20.2 Å². The Morgan fingerprint density at radius 2 is 1.85 bits per heavy atom. The highest BCUT2D eigenvalue weighted by atomic mass is 19.3. The van der Waals surface area contributed by atoms with Crippen molar-refractivity contribution in [3.63, 3.8) is 0 Å². The van der Waals surface area contributed by atoms with Crippen molar-refractivity contribution in [1.29, 1.82) is 0 Å². The average Bonchev–Trinajstić information content (AvgIpc) is 3.72. The molecule has 3 aliphatic heterocycles. The maximum absolute atomic E-state index is 16.8. The van der Waals surface area contributed by atoms with Crippen molar-refractivity contribution in [2.24, 2.45) is 5.41 Å². The van der Waals surface area contributed by atoms with Crippen molar-refractivity contribution < 1.29 is 23.0 Å². The predicted molar refractivity (Wildman–Crippen MR) is 172 cm³/mol. The van der Waals surface area contributed by atoms with Gasteiger partial charge < -0.3 is 20.1 Å². The summed E-state index contributed by atoms with van der Waals surface area (Å²) in [5.41, 5.74) is 1.21. The highest BCUT2D eigenvalue weighted by molar-refractivity contribution is 6.04. The number of phenols is 1. The van der Waals surface area contributed by atoms with Gasteiger partial charge in [-0.3, -0.25) is 4.90 Å². The number of piperazine rings is 1. The van der Waals surface area contributed by atoms with E-state index in [4.69, 9.17) is 16.1 Å². The summed E-state index contributed by atoms with van der Waals surface area (Å²) in [6.07, 6.45) is 10.1. The van der Waals surface area contributed by atoms with Crippen LogP contribution in [0.2, 0.25) is 0 Å². The fourth-order valence-corrected chi connectivity index (χ4v) is 7.75. The molecule has 3 aromatic carbocycles. The number of rotatable bonds is 7. The minimum Gasteiger partial charge on any atom is -0.508 e. The monoisotopic (exact) mass is 627 g/mol. The van der Waals surface area contributed by atoms with Gasteiger partial charge >= 0.3 is 6.01 Å². The van der Waals surface area contributed by atoms with Gasteiger partial charge in [0, 0.05) is 65.5 Å². The van der Waals surface area contributed by atoms with E-state index in [0.717, 1.165) is 38.8 Å². The van der Waals surface area contributed by atoms with Gasteiger partial charge in [-0.1, -0.05) is 24.1 Å². The molecule has 0 spiro atoms. The second-order valence-electron chi connectivity index (χ2n) is 13.7. The summed E-state index contributed by atoms with van der Waals surface area (Å²) in [7, 11) is 0. The minimum absolute atomic E-state index is 0.000980. The summed E-state index contributed by atoms with van der Waals surface area (Å²) >= 11 is 0. The molecule has 4 heterocycles. The van der Waals surface area contributed by atoms with Gasteiger partial charge in [0.1, 0.15) is 17.1 Å². The molecule has 1 aromatic heterocycles. The van der Waals surface area contributed by atoms with E-state index >= 15 is 4.39 Å². The molecule has 238 valence electrons. The molecule has 4 fully saturated rings. The van der Waals surface area contributed by atoms with Gasteiger partial charge in [-0.15, -0.1) is 6.42 Å². The van der Waals surface area contributed by atoms with E-state index in [0.29, 0.717) is 64.7 Å². The molecule has 0 amide bonds. The zero-order valence-electron chi connectivity index (χ0n) is 25.5. The first-order valence-electron chi connectivity index (χ1n) is 16.2. The van der Waals surface area contributed by atoms with Gasteiger partial charge in [0.2, 0.25) is 0 Å². The Hall–Kier alpha value is -4.07. The minimum atomic E-state index is -2.66. The summed E-state index contributed by atoms with van der Waals surface area (Å²) in [4.78, 5) is 13.5. The molecule has 7 nitrogen and oxygen atoms in total. The van der Waals surface area contributed by atoms with E-state index < -0.39 is 11.7 Å². The van der Waals surface area contributed by atoms with Gasteiger partial charge in [0.25, 0.3) is 5.92 Å². The lowest BCUT2D eigenvalue weighted by Crippen LogP contribution is -2.51. The normalized spacial score (nSPS) is 23.5. The Morgan fingerprint density at radius 3 is 2.59 bits per heavy atom. The highest BCUT2D eigenvalue weighted by Gasteiger charge is 2.47. The molecule has 1 aliphatic carbocycles. The largest absolute Gasteiger partial charge is 0.508 e. The van der Waals surface area contributed by atoms with Crippen LogP contribution in [0.15, 0.2) is 42.5 Å². The third-order valence-corrected chi connectivity index (χ3v) is 10.2. The Bertz CT molecular complexity index is 1880. The zero-order valence-corrected chi connectivity index (χ0v) is 25.5. The number of hydrogen-bond acceptors (Lipinski definition) is 7. The average molecular weight is 628 g/mol. The number of aromatic hydroxyl groups is 1. The molecule has 4 aromatic rings. The van der Waals surface area contributed by atoms with E-state index in [-0.39, 0.29) is 47.8 Å². The third-order valence-electron chi connectivity index (χ3n) is 10.2. The molecular weight excluding hydrogens is 591 g/mol. The molecule has 2 bridgehead atoms. The number of benzene rings is 3. The Morgan fingerprint density at radius 1 is 1.04 bits per heavy atom. The number of ether oxygens (including phenoxy) is 1. The van der Waals surface area contributed by atoms with Gasteiger partial charge in [-0.25, -0.2) is 13.2 Å². The van der Waals surface area contributed by atoms with Crippen LogP contribution in [0.4, 0.5) is 19.0 Å². The topological polar surface area (TPSA) is 73.8 Å². The Balaban J connectivity index is 1.19. The van der Waals surface area contributed by atoms with E-state index in [1.807, 2.05) is 23.1 Å². The second kappa shape index (κ2) is 11.0. The molecule has 2 N–H and O–H groups in total. The summed E-state index contributed by atoms with van der Waals surface area (Å²) in [6.45, 7) is 2.71. The van der Waals surface area contributed by atoms with E-state index in [1.54, 1.807) is 18.2 Å². The fraction of sp³-hybridized carbons (Fsp3) is 0.444. The van der Waals surface area contributed by atoms with Crippen LogP contribution in [-0.4, -0.2) is 77.3 Å². The lowest BCUT2D eigenvalue weighted by atomic mass is 9.93. The quantitative estimate of drug-likeness (QED) is 0.240. The second-order valence-corrected chi connectivity index (χ2v) is 13.7. The number of phenolic OH excluding ortho intramolecular Hbond substituents is 1. The lowest BCUT2D eigenvalue weighted by Gasteiger charge is -2.35. The number of nitrogens with one attached hydrogen (secondary N) is 1. The van der Waals surface area contributed by atoms with E-state index in [9.17, 15) is 13.9 Å². The zero-order chi connectivity index (χ0) is 31.6. The van der Waals surface area contributed by atoms with Crippen molar-refractivity contribution in [3.05, 3.63) is 53.8 Å². The van der Waals surface area contributed by atoms with Crippen LogP contribution in [0.3, 0.4) is 0 Å². The number of likely N-dealkylation sites (tertiary alicyclic amines) is 1. The summed E-state index contributed by atoms with van der Waals surface area (Å²) in [5.74, 6) is 0.0981. The number of nitrogens with zero attached hydrogens (tertiary/aromatic N) is 4. The smallest absolute Gasteiger partial charge is 0.319 e. The predicted octanol–water partition coefficient (Wildman–Crippen LogP) is 6.11. The number of alkyl halides is 2. The Kier molecular flexibility index (Phi) is 7.03. The maximum atomic E-state index is 16.8. The molecule has 10 heteroatoms. The van der Waals surface area contributed by atoms with Crippen LogP contribution in [-0.2, 0) is 0 Å². The number of halogens is 3. The Labute approximate surface area is 265 Å². The summed E-state index contributed by atoms with van der Waals surface area (Å²) in [6, 6.07) is 12.9. The van der Waals surface area contributed by atoms with Gasteiger partial charge in [-0.2, -0.15) is 9.97 Å². The van der Waals surface area contributed by atoms with Crippen molar-refractivity contribution >= 4 is 27.5 Å². The first kappa shape index (κ1) is 29.3. The van der Waals surface area contributed by atoms with Crippen LogP contribution in [0.25, 0.3) is 32.8 Å². The molecule has 8 rings (SSSR count). The number of fused-ring (bicyclic) bond motifs is 4. The molecular formula is C36H36F3N5O2. The molecule has 0 radical (unpaired) electrons. The first-order chi connectivity index (χ1) is 22.2. The van der Waals surface area contributed by atoms with Crippen LogP contribution in [0, 0.1) is 23.6 Å². The molecule has 3 saturated heterocycles. The van der Waals surface area contributed by atoms with Gasteiger partial charge in [0.15, 0.2) is 5.82 Å². The molecule has 4 aliphatic rings. The number of aromatic nitrogens is 2. The summed E-state index contributed by atoms with van der Waals surface area (Å²) in [5, 5.41) is 16.2. The van der Waals surface area contributed by atoms with Gasteiger partial charge in [0.05, 0.1) is 13.2 Å². The van der Waals surface area contributed by atoms with Crippen LogP contribution in [0.1, 0.15) is 44.1 Å². The maximum Gasteiger partial charge on any atom is 0.319 e. The molecule has 1 saturated carbocycles. The van der Waals surface area contributed by atoms with E-state index in [1.165, 1.54) is 6.07 Å². The molecule has 2 atom stereocenters. The first-order valence-corrected chi connectivity index (χ1v) is 16.2. The number of hydrogen-bond donors (Lipinski definition) is 2. The standard InChI is InChI=1S/C36H36F3N5O2/c1-2-22-5-3-6-23-15-26(45)16-29(30(22)23)27-9-10-28-32(31(27)37)41-34(42-33(28)44-17-24-7-8-25(18-44)40-24)46-21-35(12-13-35)19-43-14-4-11-36(38,39)20-43/h1,3,5-6,9-10,15-16,24-25,40,45H,4,7-8,11-14,17-21H2. The lowest BCUT2D eigenvalue weighted by molar-refractivity contribution is -0.0694.